The summed E-state index contributed by atoms with van der Waals surface area (Å²) in [4.78, 5) is 13.6. The number of aliphatic hydroxyl groups is 1. The Morgan fingerprint density at radius 2 is 2.00 bits per heavy atom. The number of nitrogens with one attached hydrogen (secondary N) is 1. The van der Waals surface area contributed by atoms with E-state index in [-0.39, 0.29) is 0 Å². The number of aromatic nitrogens is 4. The molecule has 0 amide bonds. The van der Waals surface area contributed by atoms with Crippen LogP contribution in [-0.4, -0.2) is 38.3 Å². The van der Waals surface area contributed by atoms with Gasteiger partial charge in [-0.1, -0.05) is 18.5 Å². The van der Waals surface area contributed by atoms with Gasteiger partial charge in [0.05, 0.1) is 35.1 Å². The van der Waals surface area contributed by atoms with E-state index in [0.29, 0.717) is 23.0 Å². The molecule has 0 aliphatic carbocycles. The van der Waals surface area contributed by atoms with Gasteiger partial charge in [-0.15, -0.1) is 0 Å². The quantitative estimate of drug-likeness (QED) is 0.686. The Labute approximate surface area is 168 Å². The average Bonchev–Trinajstić information content (AvgIpc) is 3.08. The molecular weight excluding hydrogens is 378 g/mol. The second kappa shape index (κ2) is 7.22. The van der Waals surface area contributed by atoms with Crippen molar-refractivity contribution in [3.8, 4) is 17.1 Å². The Hall–Kier alpha value is -2.38. The third kappa shape index (κ3) is 2.89. The number of aliphatic hydroxyl groups excluding tert-OH is 1. The van der Waals surface area contributed by atoms with Gasteiger partial charge in [0.2, 0.25) is 5.95 Å². The summed E-state index contributed by atoms with van der Waals surface area (Å²) >= 11 is 6.86. The lowest BCUT2D eigenvalue weighted by Gasteiger charge is -2.20. The van der Waals surface area contributed by atoms with Crippen LogP contribution in [-0.2, 0) is 6.54 Å². The molecule has 2 N–H and O–H groups in total. The summed E-state index contributed by atoms with van der Waals surface area (Å²) in [5, 5.41) is 14.7. The van der Waals surface area contributed by atoms with E-state index >= 15 is 0 Å². The van der Waals surface area contributed by atoms with Crippen molar-refractivity contribution >= 4 is 28.6 Å². The molecule has 148 valence electrons. The number of rotatable bonds is 4. The van der Waals surface area contributed by atoms with Crippen molar-refractivity contribution in [2.24, 2.45) is 0 Å². The van der Waals surface area contributed by atoms with Gasteiger partial charge in [-0.25, -0.2) is 4.98 Å². The highest BCUT2D eigenvalue weighted by Gasteiger charge is 2.26. The van der Waals surface area contributed by atoms with E-state index in [0.717, 1.165) is 59.1 Å². The molecule has 0 saturated heterocycles. The third-order valence-electron chi connectivity index (χ3n) is 5.27. The Bertz CT molecular complexity index is 1040. The molecule has 0 radical (unpaired) electrons. The van der Waals surface area contributed by atoms with Crippen molar-refractivity contribution in [1.29, 1.82) is 0 Å². The lowest BCUT2D eigenvalue weighted by Crippen LogP contribution is -2.17. The maximum absolute atomic E-state index is 10.8. The van der Waals surface area contributed by atoms with Crippen LogP contribution in [0.15, 0.2) is 6.07 Å². The molecule has 1 unspecified atom stereocenters. The summed E-state index contributed by atoms with van der Waals surface area (Å²) < 4.78 is 7.30. The molecule has 8 heteroatoms. The molecular formula is C20H24ClN5O2. The molecule has 1 aliphatic heterocycles. The van der Waals surface area contributed by atoms with Crippen LogP contribution in [0.1, 0.15) is 42.8 Å². The lowest BCUT2D eigenvalue weighted by molar-refractivity contribution is 0.175. The van der Waals surface area contributed by atoms with Crippen molar-refractivity contribution in [3.63, 3.8) is 0 Å². The fraction of sp³-hybridized carbons (Fsp3) is 0.450. The van der Waals surface area contributed by atoms with Crippen LogP contribution >= 0.6 is 11.6 Å². The summed E-state index contributed by atoms with van der Waals surface area (Å²) in [7, 11) is 1.55. The third-order valence-corrected chi connectivity index (χ3v) is 5.66. The van der Waals surface area contributed by atoms with Gasteiger partial charge in [0.15, 0.2) is 0 Å². The van der Waals surface area contributed by atoms with Crippen LogP contribution in [0.2, 0.25) is 5.02 Å². The molecule has 0 spiro atoms. The molecule has 2 aromatic heterocycles. The Morgan fingerprint density at radius 3 is 2.64 bits per heavy atom. The number of fused-ring (bicyclic) bond motifs is 3. The number of ether oxygens (including phenoxy) is 1. The molecule has 0 saturated carbocycles. The minimum atomic E-state index is -0.610. The number of halogens is 1. The van der Waals surface area contributed by atoms with Crippen LogP contribution in [0.25, 0.3) is 22.2 Å². The highest BCUT2D eigenvalue weighted by Crippen LogP contribution is 2.42. The Morgan fingerprint density at radius 1 is 1.29 bits per heavy atom. The number of anilines is 1. The summed E-state index contributed by atoms with van der Waals surface area (Å²) in [6, 6.07) is 2.29. The number of methoxy groups -OCH3 is 1. The first kappa shape index (κ1) is 19.0. The molecule has 1 atom stereocenters. The van der Waals surface area contributed by atoms with E-state index in [4.69, 9.17) is 21.3 Å². The van der Waals surface area contributed by atoms with Crippen molar-refractivity contribution < 1.29 is 9.84 Å². The Balaban J connectivity index is 2.05. The highest BCUT2D eigenvalue weighted by atomic mass is 35.5. The zero-order chi connectivity index (χ0) is 20.0. The van der Waals surface area contributed by atoms with Crippen molar-refractivity contribution in [1.82, 2.24) is 19.5 Å². The summed E-state index contributed by atoms with van der Waals surface area (Å²) in [6.45, 7) is 7.50. The zero-order valence-electron chi connectivity index (χ0n) is 16.5. The zero-order valence-corrected chi connectivity index (χ0v) is 17.3. The SMILES string of the molecule is CCC(O)c1cc(-c2c(C)nc(OC)nc2C)c(Cl)c2nc3n(c12)CCCN3. The maximum Gasteiger partial charge on any atom is 0.316 e. The van der Waals surface area contributed by atoms with Crippen LogP contribution in [0.4, 0.5) is 5.95 Å². The summed E-state index contributed by atoms with van der Waals surface area (Å²) in [5.74, 6) is 0.796. The van der Waals surface area contributed by atoms with Gasteiger partial charge < -0.3 is 19.7 Å². The molecule has 28 heavy (non-hydrogen) atoms. The van der Waals surface area contributed by atoms with E-state index in [2.05, 4.69) is 19.9 Å². The fourth-order valence-corrected chi connectivity index (χ4v) is 4.21. The number of hydrogen-bond acceptors (Lipinski definition) is 6. The predicted octanol–water partition coefficient (Wildman–Crippen LogP) is 4.03. The number of benzene rings is 1. The molecule has 0 fully saturated rings. The number of hydrogen-bond donors (Lipinski definition) is 2. The molecule has 3 heterocycles. The van der Waals surface area contributed by atoms with Crippen LogP contribution in [0, 0.1) is 13.8 Å². The van der Waals surface area contributed by atoms with Crippen LogP contribution in [0.5, 0.6) is 6.01 Å². The summed E-state index contributed by atoms with van der Waals surface area (Å²) in [5.41, 5.74) is 5.58. The highest BCUT2D eigenvalue weighted by molar-refractivity contribution is 6.38. The van der Waals surface area contributed by atoms with Gasteiger partial charge in [0, 0.05) is 29.8 Å². The summed E-state index contributed by atoms with van der Waals surface area (Å²) in [6.07, 6.45) is 0.992. The monoisotopic (exact) mass is 401 g/mol. The topological polar surface area (TPSA) is 85.1 Å². The van der Waals surface area contributed by atoms with Gasteiger partial charge in [-0.3, -0.25) is 0 Å². The van der Waals surface area contributed by atoms with E-state index in [1.807, 2.05) is 26.8 Å². The van der Waals surface area contributed by atoms with E-state index < -0.39 is 6.10 Å². The fourth-order valence-electron chi connectivity index (χ4n) is 3.93. The second-order valence-electron chi connectivity index (χ2n) is 7.07. The standard InChI is InChI=1S/C20H24ClN5O2/c1-5-14(27)12-9-13(15-10(2)23-20(28-4)24-11(15)3)16(21)17-18(12)26-8-6-7-22-19(26)25-17/h9,14,27H,5-8H2,1-4H3,(H,22,25). The molecule has 3 aromatic rings. The normalized spacial score (nSPS) is 14.6. The lowest BCUT2D eigenvalue weighted by atomic mass is 9.96. The molecule has 0 bridgehead atoms. The van der Waals surface area contributed by atoms with Crippen molar-refractivity contribution in [3.05, 3.63) is 28.0 Å². The average molecular weight is 402 g/mol. The smallest absolute Gasteiger partial charge is 0.316 e. The molecule has 1 aromatic carbocycles. The van der Waals surface area contributed by atoms with E-state index in [9.17, 15) is 5.11 Å². The first-order chi connectivity index (χ1) is 13.5. The number of nitrogens with zero attached hydrogens (tertiary/aromatic N) is 4. The van der Waals surface area contributed by atoms with Gasteiger partial charge >= 0.3 is 6.01 Å². The van der Waals surface area contributed by atoms with Gasteiger partial charge in [0.25, 0.3) is 0 Å². The Kier molecular flexibility index (Phi) is 4.89. The first-order valence-corrected chi connectivity index (χ1v) is 9.88. The van der Waals surface area contributed by atoms with Gasteiger partial charge in [-0.2, -0.15) is 9.97 Å². The van der Waals surface area contributed by atoms with Gasteiger partial charge in [0.1, 0.15) is 5.52 Å². The van der Waals surface area contributed by atoms with E-state index in [1.165, 1.54) is 0 Å². The number of imidazole rings is 1. The first-order valence-electron chi connectivity index (χ1n) is 9.50. The van der Waals surface area contributed by atoms with Crippen molar-refractivity contribution in [2.75, 3.05) is 19.0 Å². The predicted molar refractivity (Wildman–Crippen MR) is 110 cm³/mol. The largest absolute Gasteiger partial charge is 0.467 e. The van der Waals surface area contributed by atoms with Gasteiger partial charge in [-0.05, 0) is 32.8 Å². The van der Waals surface area contributed by atoms with Crippen molar-refractivity contribution in [2.45, 2.75) is 46.3 Å². The van der Waals surface area contributed by atoms with E-state index in [1.54, 1.807) is 7.11 Å². The molecule has 4 rings (SSSR count). The van der Waals surface area contributed by atoms with Crippen LogP contribution < -0.4 is 10.1 Å². The minimum Gasteiger partial charge on any atom is -0.467 e. The second-order valence-corrected chi connectivity index (χ2v) is 7.45. The molecule has 1 aliphatic rings. The number of aryl methyl sites for hydroxylation is 3. The van der Waals surface area contributed by atoms with Crippen LogP contribution in [0.3, 0.4) is 0 Å². The minimum absolute atomic E-state index is 0.325. The maximum atomic E-state index is 10.8. The molecule has 7 nitrogen and oxygen atoms in total.